The van der Waals surface area contributed by atoms with Crippen LogP contribution in [0.5, 0.6) is 0 Å². The van der Waals surface area contributed by atoms with Crippen molar-refractivity contribution >= 4 is 11.9 Å². The second kappa shape index (κ2) is 5.04. The Morgan fingerprint density at radius 1 is 0.824 bits per heavy atom. The Balaban J connectivity index is 5.09. The molecule has 5 heteroatoms. The molecule has 0 heterocycles. The van der Waals surface area contributed by atoms with Crippen LogP contribution in [-0.4, -0.2) is 34.2 Å². The smallest absolute Gasteiger partial charge is 0.321 e. The number of aliphatic carboxylic acids is 2. The van der Waals surface area contributed by atoms with Crippen LogP contribution in [0.15, 0.2) is 0 Å². The average molecular weight is 245 g/mol. The number of hydrogen-bond donors (Lipinski definition) is 3. The summed E-state index contributed by atoms with van der Waals surface area (Å²) < 4.78 is 0. The van der Waals surface area contributed by atoms with Crippen molar-refractivity contribution in [3.05, 3.63) is 0 Å². The maximum atomic E-state index is 11.2. The summed E-state index contributed by atoms with van der Waals surface area (Å²) >= 11 is 0. The van der Waals surface area contributed by atoms with Gasteiger partial charge in [-0.1, -0.05) is 41.5 Å². The third kappa shape index (κ3) is 4.73. The Kier molecular flexibility index (Phi) is 4.71. The molecular weight excluding hydrogens is 222 g/mol. The number of hydrogen-bond acceptors (Lipinski definition) is 3. The van der Waals surface area contributed by atoms with Gasteiger partial charge in [-0.3, -0.25) is 14.9 Å². The van der Waals surface area contributed by atoms with E-state index >= 15 is 0 Å². The van der Waals surface area contributed by atoms with Gasteiger partial charge in [-0.25, -0.2) is 0 Å². The van der Waals surface area contributed by atoms with E-state index in [2.05, 4.69) is 5.32 Å². The summed E-state index contributed by atoms with van der Waals surface area (Å²) in [5, 5.41) is 21.0. The fourth-order valence-electron chi connectivity index (χ4n) is 1.55. The van der Waals surface area contributed by atoms with Gasteiger partial charge in [-0.2, -0.15) is 0 Å². The summed E-state index contributed by atoms with van der Waals surface area (Å²) in [5.41, 5.74) is -1.10. The van der Waals surface area contributed by atoms with Gasteiger partial charge in [0.1, 0.15) is 12.1 Å². The molecule has 2 unspecified atom stereocenters. The SMILES string of the molecule is CC(C)(C)C(NC(C(=O)O)C(C)(C)C)C(=O)O. The maximum absolute atomic E-state index is 11.2. The maximum Gasteiger partial charge on any atom is 0.321 e. The highest BCUT2D eigenvalue weighted by Crippen LogP contribution is 2.25. The standard InChI is InChI=1S/C12H23NO4/c1-11(2,3)7(9(14)15)13-8(10(16)17)12(4,5)6/h7-8,13H,1-6H3,(H,14,15)(H,16,17). The van der Waals surface area contributed by atoms with Crippen LogP contribution < -0.4 is 5.32 Å². The summed E-state index contributed by atoms with van der Waals surface area (Å²) in [6.45, 7) is 10.6. The molecule has 0 fully saturated rings. The van der Waals surface area contributed by atoms with Crippen molar-refractivity contribution in [2.24, 2.45) is 10.8 Å². The molecule has 0 saturated heterocycles. The zero-order valence-electron chi connectivity index (χ0n) is 11.4. The van der Waals surface area contributed by atoms with Crippen LogP contribution in [0.3, 0.4) is 0 Å². The second-order valence-electron chi connectivity index (χ2n) is 6.44. The topological polar surface area (TPSA) is 86.6 Å². The first kappa shape index (κ1) is 15.9. The first-order chi connectivity index (χ1) is 7.37. The molecule has 0 aromatic rings. The van der Waals surface area contributed by atoms with Crippen molar-refractivity contribution in [1.82, 2.24) is 5.32 Å². The highest BCUT2D eigenvalue weighted by Gasteiger charge is 2.39. The van der Waals surface area contributed by atoms with Crippen molar-refractivity contribution in [3.8, 4) is 0 Å². The van der Waals surface area contributed by atoms with E-state index in [-0.39, 0.29) is 0 Å². The van der Waals surface area contributed by atoms with Gasteiger partial charge in [0.2, 0.25) is 0 Å². The Labute approximate surface area is 102 Å². The Bertz CT molecular complexity index is 269. The van der Waals surface area contributed by atoms with E-state index in [0.29, 0.717) is 0 Å². The van der Waals surface area contributed by atoms with Crippen molar-refractivity contribution in [2.75, 3.05) is 0 Å². The molecule has 0 aromatic carbocycles. The largest absolute Gasteiger partial charge is 0.480 e. The molecule has 0 aromatic heterocycles. The number of rotatable bonds is 4. The predicted octanol–water partition coefficient (Wildman–Crippen LogP) is 1.57. The first-order valence-corrected chi connectivity index (χ1v) is 5.59. The van der Waals surface area contributed by atoms with Gasteiger partial charge in [0.05, 0.1) is 0 Å². The molecule has 0 aliphatic carbocycles. The Hall–Kier alpha value is -1.10. The fraction of sp³-hybridized carbons (Fsp3) is 0.833. The minimum Gasteiger partial charge on any atom is -0.480 e. The molecule has 0 amide bonds. The molecule has 17 heavy (non-hydrogen) atoms. The molecule has 100 valence electrons. The van der Waals surface area contributed by atoms with E-state index in [0.717, 1.165) is 0 Å². The van der Waals surface area contributed by atoms with E-state index < -0.39 is 34.9 Å². The number of nitrogens with one attached hydrogen (secondary N) is 1. The fourth-order valence-corrected chi connectivity index (χ4v) is 1.55. The molecule has 0 aliphatic heterocycles. The van der Waals surface area contributed by atoms with Crippen molar-refractivity contribution < 1.29 is 19.8 Å². The lowest BCUT2D eigenvalue weighted by atomic mass is 9.82. The quantitative estimate of drug-likeness (QED) is 0.700. The third-order valence-corrected chi connectivity index (χ3v) is 2.56. The van der Waals surface area contributed by atoms with E-state index in [1.54, 1.807) is 41.5 Å². The molecule has 5 nitrogen and oxygen atoms in total. The molecule has 0 spiro atoms. The van der Waals surface area contributed by atoms with Gasteiger partial charge < -0.3 is 10.2 Å². The van der Waals surface area contributed by atoms with Gasteiger partial charge in [-0.15, -0.1) is 0 Å². The lowest BCUT2D eigenvalue weighted by Crippen LogP contribution is -2.57. The molecule has 0 radical (unpaired) electrons. The molecule has 0 rings (SSSR count). The minimum absolute atomic E-state index is 0.551. The normalized spacial score (nSPS) is 16.4. The van der Waals surface area contributed by atoms with Crippen LogP contribution in [-0.2, 0) is 9.59 Å². The van der Waals surface area contributed by atoms with E-state index in [9.17, 15) is 9.59 Å². The third-order valence-electron chi connectivity index (χ3n) is 2.56. The predicted molar refractivity (Wildman–Crippen MR) is 64.9 cm³/mol. The molecule has 0 saturated carbocycles. The summed E-state index contributed by atoms with van der Waals surface area (Å²) in [7, 11) is 0. The van der Waals surface area contributed by atoms with Crippen LogP contribution in [0, 0.1) is 10.8 Å². The lowest BCUT2D eigenvalue weighted by Gasteiger charge is -2.35. The van der Waals surface area contributed by atoms with Gasteiger partial charge in [0.15, 0.2) is 0 Å². The van der Waals surface area contributed by atoms with Gasteiger partial charge >= 0.3 is 11.9 Å². The monoisotopic (exact) mass is 245 g/mol. The van der Waals surface area contributed by atoms with E-state index in [1.165, 1.54) is 0 Å². The number of carboxylic acid groups (broad SMARTS) is 2. The first-order valence-electron chi connectivity index (χ1n) is 5.59. The number of carbonyl (C=O) groups is 2. The van der Waals surface area contributed by atoms with Crippen LogP contribution in [0.25, 0.3) is 0 Å². The molecule has 2 atom stereocenters. The van der Waals surface area contributed by atoms with Crippen LogP contribution in [0.4, 0.5) is 0 Å². The van der Waals surface area contributed by atoms with E-state index in [4.69, 9.17) is 10.2 Å². The molecule has 0 aliphatic rings. The molecule has 3 N–H and O–H groups in total. The number of carboxylic acids is 2. The van der Waals surface area contributed by atoms with Crippen molar-refractivity contribution in [1.29, 1.82) is 0 Å². The zero-order valence-corrected chi connectivity index (χ0v) is 11.4. The summed E-state index contributed by atoms with van der Waals surface area (Å²) in [5.74, 6) is -2.07. The molecule has 0 bridgehead atoms. The van der Waals surface area contributed by atoms with Crippen LogP contribution >= 0.6 is 0 Å². The second-order valence-corrected chi connectivity index (χ2v) is 6.44. The minimum atomic E-state index is -1.03. The van der Waals surface area contributed by atoms with E-state index in [1.807, 2.05) is 0 Å². The molecular formula is C12H23NO4. The summed E-state index contributed by atoms with van der Waals surface area (Å²) in [6, 6.07) is -1.80. The van der Waals surface area contributed by atoms with Gasteiger partial charge in [0, 0.05) is 0 Å². The summed E-state index contributed by atoms with van der Waals surface area (Å²) in [4.78, 5) is 22.4. The van der Waals surface area contributed by atoms with Gasteiger partial charge in [0.25, 0.3) is 0 Å². The van der Waals surface area contributed by atoms with Crippen LogP contribution in [0.1, 0.15) is 41.5 Å². The average Bonchev–Trinajstić information content (AvgIpc) is 1.96. The Morgan fingerprint density at radius 3 is 1.18 bits per heavy atom. The van der Waals surface area contributed by atoms with Gasteiger partial charge in [-0.05, 0) is 10.8 Å². The summed E-state index contributed by atoms with van der Waals surface area (Å²) in [6.07, 6.45) is 0. The highest BCUT2D eigenvalue weighted by molar-refractivity contribution is 5.78. The highest BCUT2D eigenvalue weighted by atomic mass is 16.4. The zero-order chi connectivity index (χ0) is 14.0. The van der Waals surface area contributed by atoms with Crippen molar-refractivity contribution in [2.45, 2.75) is 53.6 Å². The van der Waals surface area contributed by atoms with Crippen molar-refractivity contribution in [3.63, 3.8) is 0 Å². The lowest BCUT2D eigenvalue weighted by molar-refractivity contribution is -0.146. The van der Waals surface area contributed by atoms with Crippen LogP contribution in [0.2, 0.25) is 0 Å². The Morgan fingerprint density at radius 2 is 1.06 bits per heavy atom.